The van der Waals surface area contributed by atoms with Gasteiger partial charge in [0.2, 0.25) is 0 Å². The van der Waals surface area contributed by atoms with Crippen LogP contribution in [-0.4, -0.2) is 36.5 Å². The van der Waals surface area contributed by atoms with Gasteiger partial charge in [-0.3, -0.25) is 4.79 Å². The molecule has 1 fully saturated rings. The smallest absolute Gasteiger partial charge is 0.289 e. The van der Waals surface area contributed by atoms with Gasteiger partial charge in [-0.1, -0.05) is 31.2 Å². The van der Waals surface area contributed by atoms with Crippen molar-refractivity contribution in [3.63, 3.8) is 0 Å². The predicted molar refractivity (Wildman–Crippen MR) is 86.9 cm³/mol. The van der Waals surface area contributed by atoms with Gasteiger partial charge in [0.15, 0.2) is 5.76 Å². The number of piperazine rings is 1. The zero-order valence-electron chi connectivity index (χ0n) is 13.1. The van der Waals surface area contributed by atoms with E-state index in [0.29, 0.717) is 11.8 Å². The summed E-state index contributed by atoms with van der Waals surface area (Å²) in [6.45, 7) is 6.50. The number of hydrogen-bond donors (Lipinski definition) is 1. The molecule has 116 valence electrons. The molecule has 0 spiro atoms. The van der Waals surface area contributed by atoms with E-state index in [4.69, 9.17) is 4.42 Å². The van der Waals surface area contributed by atoms with Crippen LogP contribution in [0.25, 0.3) is 11.3 Å². The van der Waals surface area contributed by atoms with Crippen LogP contribution in [0.3, 0.4) is 0 Å². The van der Waals surface area contributed by atoms with Crippen LogP contribution in [0.15, 0.2) is 40.8 Å². The molecule has 1 saturated heterocycles. The zero-order chi connectivity index (χ0) is 15.5. The molecule has 1 aromatic heterocycles. The molecule has 22 heavy (non-hydrogen) atoms. The summed E-state index contributed by atoms with van der Waals surface area (Å²) >= 11 is 0. The number of benzene rings is 1. The maximum atomic E-state index is 12.5. The Bertz CT molecular complexity index is 645. The minimum absolute atomic E-state index is 0.0234. The molecule has 0 radical (unpaired) electrons. The second kappa shape index (κ2) is 6.36. The van der Waals surface area contributed by atoms with Crippen molar-refractivity contribution in [3.05, 3.63) is 47.7 Å². The molecule has 1 aliphatic rings. The predicted octanol–water partition coefficient (Wildman–Crippen LogP) is 2.94. The van der Waals surface area contributed by atoms with Gasteiger partial charge in [-0.05, 0) is 31.0 Å². The van der Waals surface area contributed by atoms with Gasteiger partial charge >= 0.3 is 0 Å². The fourth-order valence-electron chi connectivity index (χ4n) is 2.79. The number of carbonyl (C=O) groups excluding carboxylic acids is 1. The minimum atomic E-state index is -0.0234. The third-order valence-corrected chi connectivity index (χ3v) is 4.12. The summed E-state index contributed by atoms with van der Waals surface area (Å²) in [5.41, 5.74) is 2.30. The van der Waals surface area contributed by atoms with Gasteiger partial charge in [0.05, 0.1) is 0 Å². The van der Waals surface area contributed by atoms with Gasteiger partial charge in [-0.15, -0.1) is 0 Å². The quantitative estimate of drug-likeness (QED) is 0.947. The number of rotatable bonds is 3. The second-order valence-corrected chi connectivity index (χ2v) is 5.82. The molecule has 4 heteroatoms. The standard InChI is InChI=1S/C18H22N2O2/c1-3-14-4-6-15(7-5-14)16-8-9-17(22-16)18(21)20-11-10-19-13(2)12-20/h4-9,13,19H,3,10-12H2,1-2H3. The summed E-state index contributed by atoms with van der Waals surface area (Å²) in [7, 11) is 0. The Morgan fingerprint density at radius 2 is 2.05 bits per heavy atom. The third-order valence-electron chi connectivity index (χ3n) is 4.12. The molecule has 0 aliphatic carbocycles. The summed E-state index contributed by atoms with van der Waals surface area (Å²) in [6, 6.07) is 12.2. The van der Waals surface area contributed by atoms with Gasteiger partial charge in [0.1, 0.15) is 5.76 Å². The molecule has 0 bridgehead atoms. The summed E-state index contributed by atoms with van der Waals surface area (Å²) in [5.74, 6) is 1.14. The fourth-order valence-corrected chi connectivity index (χ4v) is 2.79. The molecule has 1 aromatic carbocycles. The number of furan rings is 1. The lowest BCUT2D eigenvalue weighted by atomic mass is 10.1. The normalized spacial score (nSPS) is 18.5. The molecule has 1 atom stereocenters. The number of nitrogens with one attached hydrogen (secondary N) is 1. The average Bonchev–Trinajstić information content (AvgIpc) is 3.04. The first-order valence-electron chi connectivity index (χ1n) is 7.89. The third kappa shape index (κ3) is 3.07. The molecule has 1 aliphatic heterocycles. The topological polar surface area (TPSA) is 45.5 Å². The van der Waals surface area contributed by atoms with Gasteiger partial charge in [0, 0.05) is 31.2 Å². The van der Waals surface area contributed by atoms with Crippen molar-refractivity contribution in [1.29, 1.82) is 0 Å². The van der Waals surface area contributed by atoms with E-state index in [-0.39, 0.29) is 5.91 Å². The van der Waals surface area contributed by atoms with Crippen LogP contribution < -0.4 is 5.32 Å². The van der Waals surface area contributed by atoms with E-state index in [1.54, 1.807) is 6.07 Å². The van der Waals surface area contributed by atoms with E-state index in [1.807, 2.05) is 23.1 Å². The van der Waals surface area contributed by atoms with Crippen LogP contribution in [0.1, 0.15) is 30.0 Å². The lowest BCUT2D eigenvalue weighted by Crippen LogP contribution is -2.51. The van der Waals surface area contributed by atoms with Crippen LogP contribution in [0, 0.1) is 0 Å². The number of carbonyl (C=O) groups is 1. The lowest BCUT2D eigenvalue weighted by molar-refractivity contribution is 0.0678. The molecule has 4 nitrogen and oxygen atoms in total. The number of hydrogen-bond acceptors (Lipinski definition) is 3. The largest absolute Gasteiger partial charge is 0.451 e. The SMILES string of the molecule is CCc1ccc(-c2ccc(C(=O)N3CCNC(C)C3)o2)cc1. The highest BCUT2D eigenvalue weighted by molar-refractivity contribution is 5.92. The van der Waals surface area contributed by atoms with Crippen molar-refractivity contribution >= 4 is 5.91 Å². The van der Waals surface area contributed by atoms with E-state index in [2.05, 4.69) is 31.3 Å². The Kier molecular flexibility index (Phi) is 4.29. The highest BCUT2D eigenvalue weighted by atomic mass is 16.4. The van der Waals surface area contributed by atoms with Gasteiger partial charge in [0.25, 0.3) is 5.91 Å². The first-order valence-corrected chi connectivity index (χ1v) is 7.89. The van der Waals surface area contributed by atoms with Crippen molar-refractivity contribution in [2.24, 2.45) is 0 Å². The van der Waals surface area contributed by atoms with Crippen molar-refractivity contribution in [3.8, 4) is 11.3 Å². The van der Waals surface area contributed by atoms with E-state index in [1.165, 1.54) is 5.56 Å². The van der Waals surface area contributed by atoms with Gasteiger partial charge in [-0.2, -0.15) is 0 Å². The van der Waals surface area contributed by atoms with Gasteiger partial charge in [-0.25, -0.2) is 0 Å². The number of amides is 1. The molecule has 1 unspecified atom stereocenters. The summed E-state index contributed by atoms with van der Waals surface area (Å²) in [4.78, 5) is 14.3. The van der Waals surface area contributed by atoms with E-state index in [9.17, 15) is 4.79 Å². The highest BCUT2D eigenvalue weighted by Gasteiger charge is 2.24. The van der Waals surface area contributed by atoms with Crippen LogP contribution >= 0.6 is 0 Å². The van der Waals surface area contributed by atoms with E-state index in [0.717, 1.165) is 37.4 Å². The van der Waals surface area contributed by atoms with E-state index < -0.39 is 0 Å². The van der Waals surface area contributed by atoms with Crippen molar-refractivity contribution < 1.29 is 9.21 Å². The van der Waals surface area contributed by atoms with Crippen molar-refractivity contribution in [1.82, 2.24) is 10.2 Å². The van der Waals surface area contributed by atoms with Crippen LogP contribution in [0.5, 0.6) is 0 Å². The molecule has 3 rings (SSSR count). The number of aryl methyl sites for hydroxylation is 1. The van der Waals surface area contributed by atoms with Gasteiger partial charge < -0.3 is 14.6 Å². The Morgan fingerprint density at radius 1 is 1.27 bits per heavy atom. The fraction of sp³-hybridized carbons (Fsp3) is 0.389. The second-order valence-electron chi connectivity index (χ2n) is 5.82. The maximum Gasteiger partial charge on any atom is 0.289 e. The number of nitrogens with zero attached hydrogens (tertiary/aromatic N) is 1. The van der Waals surface area contributed by atoms with Crippen molar-refractivity contribution in [2.45, 2.75) is 26.3 Å². The Hall–Kier alpha value is -2.07. The molecule has 1 amide bonds. The molecule has 1 N–H and O–H groups in total. The molecule has 0 saturated carbocycles. The average molecular weight is 298 g/mol. The van der Waals surface area contributed by atoms with Crippen molar-refractivity contribution in [2.75, 3.05) is 19.6 Å². The molecular formula is C18H22N2O2. The molecule has 2 aromatic rings. The summed E-state index contributed by atoms with van der Waals surface area (Å²) in [6.07, 6.45) is 1.02. The highest BCUT2D eigenvalue weighted by Crippen LogP contribution is 2.23. The first kappa shape index (κ1) is 14.9. The molecular weight excluding hydrogens is 276 g/mol. The zero-order valence-corrected chi connectivity index (χ0v) is 13.1. The lowest BCUT2D eigenvalue weighted by Gasteiger charge is -2.31. The van der Waals surface area contributed by atoms with Crippen LogP contribution in [0.2, 0.25) is 0 Å². The van der Waals surface area contributed by atoms with E-state index >= 15 is 0 Å². The first-order chi connectivity index (χ1) is 10.7. The van der Waals surface area contributed by atoms with Crippen LogP contribution in [0.4, 0.5) is 0 Å². The Morgan fingerprint density at radius 3 is 2.73 bits per heavy atom. The maximum absolute atomic E-state index is 12.5. The Balaban J connectivity index is 1.76. The molecule has 2 heterocycles. The Labute approximate surface area is 131 Å². The monoisotopic (exact) mass is 298 g/mol. The van der Waals surface area contributed by atoms with Crippen LogP contribution in [-0.2, 0) is 6.42 Å². The summed E-state index contributed by atoms with van der Waals surface area (Å²) in [5, 5.41) is 3.34. The summed E-state index contributed by atoms with van der Waals surface area (Å²) < 4.78 is 5.78. The minimum Gasteiger partial charge on any atom is -0.451 e.